The molecule has 0 fully saturated rings. The van der Waals surface area contributed by atoms with Crippen LogP contribution in [0.2, 0.25) is 0 Å². The molecule has 0 amide bonds. The average molecular weight is 305 g/mol. The van der Waals surface area contributed by atoms with Crippen LogP contribution >= 0.6 is 11.5 Å². The van der Waals surface area contributed by atoms with E-state index in [2.05, 4.69) is 54.7 Å². The normalized spacial score (nSPS) is 12.4. The summed E-state index contributed by atoms with van der Waals surface area (Å²) in [5.41, 5.74) is 4.65. The first-order chi connectivity index (χ1) is 10.1. The molecule has 1 aromatic heterocycles. The monoisotopic (exact) mass is 305 g/mol. The molecule has 0 radical (unpaired) electrons. The number of aromatic nitrogens is 2. The summed E-state index contributed by atoms with van der Waals surface area (Å²) in [6.07, 6.45) is 0.890. The Kier molecular flexibility index (Phi) is 5.31. The molecule has 1 aromatic carbocycles. The smallest absolute Gasteiger partial charge is 0.127 e. The van der Waals surface area contributed by atoms with Gasteiger partial charge in [0.15, 0.2) is 0 Å². The van der Waals surface area contributed by atoms with Gasteiger partial charge in [0.05, 0.1) is 23.7 Å². The second-order valence-electron chi connectivity index (χ2n) is 5.06. The highest BCUT2D eigenvalue weighted by Gasteiger charge is 2.24. The van der Waals surface area contributed by atoms with E-state index < -0.39 is 0 Å². The highest BCUT2D eigenvalue weighted by atomic mass is 32.1. The molecule has 114 valence electrons. The Labute approximate surface area is 130 Å². The fourth-order valence-electron chi connectivity index (χ4n) is 2.54. The van der Waals surface area contributed by atoms with Gasteiger partial charge in [0, 0.05) is 5.56 Å². The van der Waals surface area contributed by atoms with Gasteiger partial charge in [-0.25, -0.2) is 0 Å². The van der Waals surface area contributed by atoms with Crippen LogP contribution in [0.3, 0.4) is 0 Å². The van der Waals surface area contributed by atoms with Crippen LogP contribution in [-0.4, -0.2) is 23.2 Å². The Morgan fingerprint density at radius 3 is 2.67 bits per heavy atom. The molecule has 1 N–H and O–H groups in total. The van der Waals surface area contributed by atoms with Crippen LogP contribution in [0.1, 0.15) is 47.2 Å². The van der Waals surface area contributed by atoms with E-state index in [-0.39, 0.29) is 6.04 Å². The maximum Gasteiger partial charge on any atom is 0.127 e. The van der Waals surface area contributed by atoms with E-state index in [1.165, 1.54) is 27.5 Å². The fourth-order valence-corrected chi connectivity index (χ4v) is 3.37. The van der Waals surface area contributed by atoms with E-state index in [0.29, 0.717) is 0 Å². The lowest BCUT2D eigenvalue weighted by Crippen LogP contribution is -2.23. The predicted molar refractivity (Wildman–Crippen MR) is 87.3 cm³/mol. The molecule has 1 heterocycles. The van der Waals surface area contributed by atoms with Gasteiger partial charge in [-0.3, -0.25) is 0 Å². The number of hydrogen-bond donors (Lipinski definition) is 1. The van der Waals surface area contributed by atoms with Gasteiger partial charge in [0.1, 0.15) is 5.75 Å². The molecule has 2 aromatic rings. The van der Waals surface area contributed by atoms with Gasteiger partial charge in [-0.2, -0.15) is 0 Å². The van der Waals surface area contributed by atoms with Crippen molar-refractivity contribution in [1.29, 1.82) is 0 Å². The van der Waals surface area contributed by atoms with Crippen LogP contribution in [-0.2, 0) is 6.42 Å². The van der Waals surface area contributed by atoms with Gasteiger partial charge in [0.2, 0.25) is 0 Å². The summed E-state index contributed by atoms with van der Waals surface area (Å²) in [6.45, 7) is 9.31. The standard InChI is InChI=1S/C16H23N3OS/c1-6-13-16(21-19-18-13)14(17-7-2)12-9-8-10(3)11(4)15(12)20-5/h8-9,14,17H,6-7H2,1-5H3. The molecule has 2 rings (SSSR count). The maximum absolute atomic E-state index is 5.68. The molecule has 0 aliphatic heterocycles. The zero-order valence-electron chi connectivity index (χ0n) is 13.4. The Morgan fingerprint density at radius 1 is 1.29 bits per heavy atom. The average Bonchev–Trinajstić information content (AvgIpc) is 2.96. The van der Waals surface area contributed by atoms with E-state index in [9.17, 15) is 0 Å². The van der Waals surface area contributed by atoms with Crippen LogP contribution in [0.25, 0.3) is 0 Å². The molecule has 0 saturated carbocycles. The minimum absolute atomic E-state index is 0.0826. The van der Waals surface area contributed by atoms with E-state index in [4.69, 9.17) is 4.74 Å². The molecule has 0 spiro atoms. The molecule has 5 heteroatoms. The molecule has 21 heavy (non-hydrogen) atoms. The van der Waals surface area contributed by atoms with Crippen LogP contribution in [0.15, 0.2) is 12.1 Å². The number of aryl methyl sites for hydroxylation is 2. The second kappa shape index (κ2) is 7.00. The number of methoxy groups -OCH3 is 1. The molecule has 1 unspecified atom stereocenters. The molecular formula is C16H23N3OS. The molecule has 4 nitrogen and oxygen atoms in total. The predicted octanol–water partition coefficient (Wildman–Crippen LogP) is 3.42. The van der Waals surface area contributed by atoms with Gasteiger partial charge >= 0.3 is 0 Å². The van der Waals surface area contributed by atoms with Crippen molar-refractivity contribution >= 4 is 11.5 Å². The van der Waals surface area contributed by atoms with Crippen molar-refractivity contribution in [3.8, 4) is 5.75 Å². The van der Waals surface area contributed by atoms with E-state index in [0.717, 1.165) is 30.0 Å². The fraction of sp³-hybridized carbons (Fsp3) is 0.500. The lowest BCUT2D eigenvalue weighted by Gasteiger charge is -2.22. The van der Waals surface area contributed by atoms with Crippen LogP contribution in [0.4, 0.5) is 0 Å². The molecule has 0 aliphatic carbocycles. The van der Waals surface area contributed by atoms with Crippen molar-refractivity contribution in [1.82, 2.24) is 14.9 Å². The molecule has 0 bridgehead atoms. The highest BCUT2D eigenvalue weighted by Crippen LogP contribution is 2.36. The van der Waals surface area contributed by atoms with Gasteiger partial charge in [-0.15, -0.1) is 5.10 Å². The number of nitrogens with one attached hydrogen (secondary N) is 1. The molecule has 0 saturated heterocycles. The summed E-state index contributed by atoms with van der Waals surface area (Å²) < 4.78 is 9.81. The Bertz CT molecular complexity index is 610. The van der Waals surface area contributed by atoms with Crippen molar-refractivity contribution in [3.05, 3.63) is 39.4 Å². The van der Waals surface area contributed by atoms with Crippen LogP contribution in [0.5, 0.6) is 5.75 Å². The number of rotatable bonds is 6. The van der Waals surface area contributed by atoms with E-state index in [1.54, 1.807) is 7.11 Å². The van der Waals surface area contributed by atoms with Crippen LogP contribution < -0.4 is 10.1 Å². The zero-order valence-corrected chi connectivity index (χ0v) is 14.2. The lowest BCUT2D eigenvalue weighted by atomic mass is 9.97. The zero-order chi connectivity index (χ0) is 15.4. The van der Waals surface area contributed by atoms with Gasteiger partial charge in [-0.1, -0.05) is 30.5 Å². The number of nitrogens with zero attached hydrogens (tertiary/aromatic N) is 2. The largest absolute Gasteiger partial charge is 0.496 e. The SMILES string of the molecule is CCNC(c1ccc(C)c(C)c1OC)c1snnc1CC. The first-order valence-electron chi connectivity index (χ1n) is 7.32. The lowest BCUT2D eigenvalue weighted by molar-refractivity contribution is 0.401. The van der Waals surface area contributed by atoms with Gasteiger partial charge in [0.25, 0.3) is 0 Å². The molecule has 0 aliphatic rings. The quantitative estimate of drug-likeness (QED) is 0.888. The third kappa shape index (κ3) is 3.09. The Hall–Kier alpha value is -1.46. The topological polar surface area (TPSA) is 47.0 Å². The Morgan fingerprint density at radius 2 is 2.05 bits per heavy atom. The first-order valence-corrected chi connectivity index (χ1v) is 8.09. The first kappa shape index (κ1) is 15.9. The van der Waals surface area contributed by atoms with Crippen molar-refractivity contribution in [2.75, 3.05) is 13.7 Å². The van der Waals surface area contributed by atoms with Gasteiger partial charge in [-0.05, 0) is 49.5 Å². The highest BCUT2D eigenvalue weighted by molar-refractivity contribution is 7.05. The summed E-state index contributed by atoms with van der Waals surface area (Å²) in [7, 11) is 1.74. The number of ether oxygens (including phenoxy) is 1. The van der Waals surface area contributed by atoms with E-state index >= 15 is 0 Å². The van der Waals surface area contributed by atoms with Crippen molar-refractivity contribution in [3.63, 3.8) is 0 Å². The number of hydrogen-bond acceptors (Lipinski definition) is 5. The number of benzene rings is 1. The molecular weight excluding hydrogens is 282 g/mol. The summed E-state index contributed by atoms with van der Waals surface area (Å²) in [4.78, 5) is 1.18. The van der Waals surface area contributed by atoms with Crippen molar-refractivity contribution in [2.24, 2.45) is 0 Å². The minimum Gasteiger partial charge on any atom is -0.496 e. The summed E-state index contributed by atoms with van der Waals surface area (Å²) in [5, 5.41) is 7.79. The third-order valence-corrected chi connectivity index (χ3v) is 4.64. The summed E-state index contributed by atoms with van der Waals surface area (Å²) in [5.74, 6) is 0.955. The van der Waals surface area contributed by atoms with Crippen molar-refractivity contribution in [2.45, 2.75) is 40.2 Å². The summed E-state index contributed by atoms with van der Waals surface area (Å²) >= 11 is 1.47. The minimum atomic E-state index is 0.0826. The van der Waals surface area contributed by atoms with Crippen molar-refractivity contribution < 1.29 is 4.74 Å². The second-order valence-corrected chi connectivity index (χ2v) is 5.84. The van der Waals surface area contributed by atoms with E-state index in [1.807, 2.05) is 0 Å². The molecule has 1 atom stereocenters. The Balaban J connectivity index is 2.56. The van der Waals surface area contributed by atoms with Crippen LogP contribution in [0, 0.1) is 13.8 Å². The third-order valence-electron chi connectivity index (χ3n) is 3.81. The maximum atomic E-state index is 5.68. The van der Waals surface area contributed by atoms with Gasteiger partial charge < -0.3 is 10.1 Å². The summed E-state index contributed by atoms with van der Waals surface area (Å²) in [6, 6.07) is 4.38.